The Kier molecular flexibility index (Phi) is 6.46. The Morgan fingerprint density at radius 1 is 0.833 bits per heavy atom. The van der Waals surface area contributed by atoms with Crippen LogP contribution in [0.4, 0.5) is 0 Å². The number of para-hydroxylation sites is 1. The van der Waals surface area contributed by atoms with Crippen LogP contribution in [-0.4, -0.2) is 63.6 Å². The van der Waals surface area contributed by atoms with Crippen LogP contribution in [-0.2, 0) is 0 Å². The van der Waals surface area contributed by atoms with Gasteiger partial charge in [0.05, 0.1) is 0 Å². The van der Waals surface area contributed by atoms with Crippen LogP contribution in [0, 0.1) is 6.92 Å². The Bertz CT molecular complexity index is 1320. The number of fused-ring (bicyclic) bond motifs is 1. The fraction of sp³-hybridized carbons (Fsp3) is 0.400. The van der Waals surface area contributed by atoms with Gasteiger partial charge in [0.15, 0.2) is 0 Å². The minimum absolute atomic E-state index is 0.487. The van der Waals surface area contributed by atoms with E-state index in [2.05, 4.69) is 57.7 Å². The quantitative estimate of drug-likeness (QED) is 0.354. The van der Waals surface area contributed by atoms with Gasteiger partial charge < -0.3 is 14.2 Å². The molecule has 3 heterocycles. The van der Waals surface area contributed by atoms with Crippen molar-refractivity contribution >= 4 is 11.0 Å². The first-order valence-corrected chi connectivity index (χ1v) is 13.2. The van der Waals surface area contributed by atoms with Crippen molar-refractivity contribution in [1.29, 1.82) is 0 Å². The predicted octanol–water partition coefficient (Wildman–Crippen LogP) is 5.93. The van der Waals surface area contributed by atoms with Crippen molar-refractivity contribution in [1.82, 2.24) is 24.3 Å². The molecule has 2 aliphatic rings. The van der Waals surface area contributed by atoms with Crippen LogP contribution in [0.2, 0.25) is 0 Å². The Morgan fingerprint density at radius 2 is 1.58 bits per heavy atom. The fourth-order valence-electron chi connectivity index (χ4n) is 6.00. The molecule has 0 spiro atoms. The first-order chi connectivity index (χ1) is 17.7. The molecule has 0 unspecified atom stereocenters. The highest BCUT2D eigenvalue weighted by Crippen LogP contribution is 2.39. The molecule has 1 aliphatic carbocycles. The summed E-state index contributed by atoms with van der Waals surface area (Å²) in [6.07, 6.45) is 10.9. The summed E-state index contributed by atoms with van der Waals surface area (Å²) in [5.74, 6) is 1.70. The van der Waals surface area contributed by atoms with Crippen LogP contribution >= 0.6 is 0 Å². The van der Waals surface area contributed by atoms with Crippen LogP contribution in [0.3, 0.4) is 0 Å². The van der Waals surface area contributed by atoms with Gasteiger partial charge in [-0.15, -0.1) is 0 Å². The number of rotatable bonds is 5. The monoisotopic (exact) mass is 481 g/mol. The molecular formula is C30H35N5O. The summed E-state index contributed by atoms with van der Waals surface area (Å²) in [5.41, 5.74) is 4.65. The third-order valence-electron chi connectivity index (χ3n) is 8.07. The van der Waals surface area contributed by atoms with E-state index in [-0.39, 0.29) is 0 Å². The predicted molar refractivity (Wildman–Crippen MR) is 145 cm³/mol. The highest BCUT2D eigenvalue weighted by molar-refractivity contribution is 5.94. The van der Waals surface area contributed by atoms with Crippen molar-refractivity contribution in [2.75, 3.05) is 33.2 Å². The van der Waals surface area contributed by atoms with Gasteiger partial charge in [0, 0.05) is 61.6 Å². The lowest BCUT2D eigenvalue weighted by molar-refractivity contribution is 0.0828. The molecule has 2 aromatic carbocycles. The molecule has 2 fully saturated rings. The maximum Gasteiger partial charge on any atom is 0.144 e. The van der Waals surface area contributed by atoms with Crippen molar-refractivity contribution < 1.29 is 4.74 Å². The third kappa shape index (κ3) is 4.63. The molecule has 6 rings (SSSR count). The first-order valence-electron chi connectivity index (χ1n) is 13.2. The third-order valence-corrected chi connectivity index (χ3v) is 8.07. The number of hydrogen-bond acceptors (Lipinski definition) is 5. The summed E-state index contributed by atoms with van der Waals surface area (Å²) in [7, 11) is 2.23. The lowest BCUT2D eigenvalue weighted by atomic mass is 9.89. The van der Waals surface area contributed by atoms with Crippen LogP contribution in [0.5, 0.6) is 11.5 Å². The average molecular weight is 482 g/mol. The zero-order valence-corrected chi connectivity index (χ0v) is 21.3. The minimum atomic E-state index is 0.487. The molecule has 6 nitrogen and oxygen atoms in total. The van der Waals surface area contributed by atoms with E-state index in [1.807, 2.05) is 36.5 Å². The molecule has 1 aliphatic heterocycles. The van der Waals surface area contributed by atoms with Crippen molar-refractivity contribution in [3.8, 4) is 22.6 Å². The van der Waals surface area contributed by atoms with Gasteiger partial charge in [0.25, 0.3) is 0 Å². The van der Waals surface area contributed by atoms with Gasteiger partial charge >= 0.3 is 0 Å². The highest BCUT2D eigenvalue weighted by atomic mass is 16.5. The van der Waals surface area contributed by atoms with Crippen LogP contribution in [0.1, 0.15) is 37.3 Å². The van der Waals surface area contributed by atoms with E-state index >= 15 is 0 Å². The van der Waals surface area contributed by atoms with Gasteiger partial charge in [-0.05, 0) is 75.0 Å². The van der Waals surface area contributed by atoms with E-state index in [0.717, 1.165) is 28.6 Å². The second-order valence-corrected chi connectivity index (χ2v) is 10.4. The van der Waals surface area contributed by atoms with Crippen LogP contribution in [0.25, 0.3) is 22.2 Å². The Morgan fingerprint density at radius 3 is 2.33 bits per heavy atom. The summed E-state index contributed by atoms with van der Waals surface area (Å²) in [4.78, 5) is 14.3. The van der Waals surface area contributed by atoms with E-state index in [0.29, 0.717) is 6.04 Å². The van der Waals surface area contributed by atoms with Gasteiger partial charge in [0.2, 0.25) is 0 Å². The maximum atomic E-state index is 6.07. The number of piperazine rings is 1. The second kappa shape index (κ2) is 10.0. The SMILES string of the molecule is Cc1cc(Oc2ccccc2)ccc1-c1cn(C2CCC(N3CCN(C)CC3)CC2)c2ncncc12. The molecule has 0 atom stereocenters. The molecule has 6 heteroatoms. The molecule has 2 aromatic heterocycles. The van der Waals surface area contributed by atoms with E-state index in [1.165, 1.54) is 68.6 Å². The van der Waals surface area contributed by atoms with Gasteiger partial charge in [0.1, 0.15) is 23.5 Å². The van der Waals surface area contributed by atoms with Gasteiger partial charge in [-0.2, -0.15) is 0 Å². The molecular weight excluding hydrogens is 446 g/mol. The van der Waals surface area contributed by atoms with Crippen molar-refractivity contribution in [2.45, 2.75) is 44.7 Å². The molecule has 0 N–H and O–H groups in total. The van der Waals surface area contributed by atoms with Crippen LogP contribution < -0.4 is 4.74 Å². The summed E-state index contributed by atoms with van der Waals surface area (Å²) < 4.78 is 8.50. The van der Waals surface area contributed by atoms with Crippen molar-refractivity contribution in [3.05, 3.63) is 72.8 Å². The van der Waals surface area contributed by atoms with Crippen LogP contribution in [0.15, 0.2) is 67.3 Å². The normalized spacial score (nSPS) is 21.6. The largest absolute Gasteiger partial charge is 0.457 e. The summed E-state index contributed by atoms with van der Waals surface area (Å²) in [5, 5.41) is 1.12. The molecule has 1 saturated carbocycles. The Labute approximate surface area is 213 Å². The first kappa shape index (κ1) is 23.2. The molecule has 0 amide bonds. The molecule has 186 valence electrons. The summed E-state index contributed by atoms with van der Waals surface area (Å²) >= 11 is 0. The number of aromatic nitrogens is 3. The number of likely N-dealkylation sites (N-methyl/N-ethyl adjacent to an activating group) is 1. The highest BCUT2D eigenvalue weighted by Gasteiger charge is 2.29. The van der Waals surface area contributed by atoms with Gasteiger partial charge in [-0.25, -0.2) is 9.97 Å². The smallest absolute Gasteiger partial charge is 0.144 e. The molecule has 4 aromatic rings. The molecule has 0 radical (unpaired) electrons. The number of hydrogen-bond donors (Lipinski definition) is 0. The van der Waals surface area contributed by atoms with Crippen molar-refractivity contribution in [3.63, 3.8) is 0 Å². The molecule has 1 saturated heterocycles. The second-order valence-electron chi connectivity index (χ2n) is 10.4. The molecule has 36 heavy (non-hydrogen) atoms. The average Bonchev–Trinajstić information content (AvgIpc) is 3.29. The Hall–Kier alpha value is -3.22. The van der Waals surface area contributed by atoms with E-state index < -0.39 is 0 Å². The lowest BCUT2D eigenvalue weighted by Crippen LogP contribution is -2.49. The summed E-state index contributed by atoms with van der Waals surface area (Å²) in [6, 6.07) is 17.5. The lowest BCUT2D eigenvalue weighted by Gasteiger charge is -2.41. The topological polar surface area (TPSA) is 46.4 Å². The van der Waals surface area contributed by atoms with Gasteiger partial charge in [-0.1, -0.05) is 24.3 Å². The number of nitrogens with zero attached hydrogens (tertiary/aromatic N) is 5. The molecule has 0 bridgehead atoms. The van der Waals surface area contributed by atoms with E-state index in [9.17, 15) is 0 Å². The van der Waals surface area contributed by atoms with E-state index in [4.69, 9.17) is 9.72 Å². The zero-order chi connectivity index (χ0) is 24.5. The van der Waals surface area contributed by atoms with E-state index in [1.54, 1.807) is 6.33 Å². The minimum Gasteiger partial charge on any atom is -0.457 e. The Balaban J connectivity index is 1.24. The van der Waals surface area contributed by atoms with Gasteiger partial charge in [-0.3, -0.25) is 4.90 Å². The maximum absolute atomic E-state index is 6.07. The number of benzene rings is 2. The van der Waals surface area contributed by atoms with Crippen molar-refractivity contribution in [2.24, 2.45) is 0 Å². The standard InChI is InChI=1S/C30H35N5O/c1-22-18-26(36-25-6-4-3-5-7-25)12-13-27(22)29-20-35(30-28(29)19-31-21-32-30)24-10-8-23(9-11-24)34-16-14-33(2)15-17-34/h3-7,12-13,18-21,23-24H,8-11,14-17H2,1-2H3. The summed E-state index contributed by atoms with van der Waals surface area (Å²) in [6.45, 7) is 6.95. The zero-order valence-electron chi connectivity index (χ0n) is 21.3. The number of aryl methyl sites for hydroxylation is 1. The number of ether oxygens (including phenoxy) is 1. The fourth-order valence-corrected chi connectivity index (χ4v) is 6.00.